The zero-order valence-corrected chi connectivity index (χ0v) is 10.1. The second-order valence-electron chi connectivity index (χ2n) is 4.92. The second-order valence-corrected chi connectivity index (χ2v) is 4.92. The lowest BCUT2D eigenvalue weighted by atomic mass is 10.2. The molecule has 2 N–H and O–H groups in total. The van der Waals surface area contributed by atoms with Crippen molar-refractivity contribution < 1.29 is 14.6 Å². The minimum Gasteiger partial charge on any atom is -0.507 e. The molecular formula is C13H15NO3. The molecule has 0 radical (unpaired) electrons. The molecule has 0 saturated carbocycles. The van der Waals surface area contributed by atoms with Gasteiger partial charge in [0.1, 0.15) is 17.0 Å². The van der Waals surface area contributed by atoms with Gasteiger partial charge in [-0.05, 0) is 39.0 Å². The SMILES string of the molecule is CC(C)(C)OC(=O)c1cc2c(O)cccc2[nH]1. The molecule has 0 unspecified atom stereocenters. The quantitative estimate of drug-likeness (QED) is 0.744. The molecule has 0 fully saturated rings. The van der Waals surface area contributed by atoms with Crippen molar-refractivity contribution in [3.63, 3.8) is 0 Å². The molecule has 0 bridgehead atoms. The van der Waals surface area contributed by atoms with E-state index in [1.165, 1.54) is 0 Å². The lowest BCUT2D eigenvalue weighted by Gasteiger charge is -2.18. The van der Waals surface area contributed by atoms with Crippen LogP contribution >= 0.6 is 0 Å². The maximum absolute atomic E-state index is 11.8. The molecule has 17 heavy (non-hydrogen) atoms. The minimum atomic E-state index is -0.531. The highest BCUT2D eigenvalue weighted by Gasteiger charge is 2.19. The highest BCUT2D eigenvalue weighted by atomic mass is 16.6. The van der Waals surface area contributed by atoms with Crippen molar-refractivity contribution in [2.24, 2.45) is 0 Å². The highest BCUT2D eigenvalue weighted by Crippen LogP contribution is 2.25. The summed E-state index contributed by atoms with van der Waals surface area (Å²) in [5.41, 5.74) is 0.526. The minimum absolute atomic E-state index is 0.147. The van der Waals surface area contributed by atoms with Crippen LogP contribution in [0.4, 0.5) is 0 Å². The van der Waals surface area contributed by atoms with Crippen molar-refractivity contribution >= 4 is 16.9 Å². The van der Waals surface area contributed by atoms with Gasteiger partial charge in [-0.15, -0.1) is 0 Å². The molecule has 1 aromatic heterocycles. The number of carbonyl (C=O) groups is 1. The summed E-state index contributed by atoms with van der Waals surface area (Å²) < 4.78 is 5.24. The van der Waals surface area contributed by atoms with Crippen LogP contribution in [0.3, 0.4) is 0 Å². The largest absolute Gasteiger partial charge is 0.507 e. The van der Waals surface area contributed by atoms with E-state index in [-0.39, 0.29) is 5.75 Å². The van der Waals surface area contributed by atoms with Crippen LogP contribution in [0, 0.1) is 0 Å². The Labute approximate surface area is 99.2 Å². The van der Waals surface area contributed by atoms with Crippen LogP contribution in [0.5, 0.6) is 5.75 Å². The first-order chi connectivity index (χ1) is 7.87. The van der Waals surface area contributed by atoms with E-state index < -0.39 is 11.6 Å². The van der Waals surface area contributed by atoms with E-state index in [0.717, 1.165) is 0 Å². The molecule has 0 aliphatic heterocycles. The Kier molecular flexibility index (Phi) is 2.58. The topological polar surface area (TPSA) is 62.3 Å². The van der Waals surface area contributed by atoms with Gasteiger partial charge in [0, 0.05) is 10.9 Å². The summed E-state index contributed by atoms with van der Waals surface area (Å²) in [6.45, 7) is 5.43. The normalized spacial score (nSPS) is 11.7. The van der Waals surface area contributed by atoms with Crippen LogP contribution in [0.1, 0.15) is 31.3 Å². The lowest BCUT2D eigenvalue weighted by Crippen LogP contribution is -2.24. The maximum Gasteiger partial charge on any atom is 0.355 e. The number of H-pyrrole nitrogens is 1. The van der Waals surface area contributed by atoms with Crippen LogP contribution in [-0.2, 0) is 4.74 Å². The molecule has 0 atom stereocenters. The summed E-state index contributed by atoms with van der Waals surface area (Å²) in [6.07, 6.45) is 0. The van der Waals surface area contributed by atoms with Crippen molar-refractivity contribution in [2.45, 2.75) is 26.4 Å². The smallest absolute Gasteiger partial charge is 0.355 e. The molecule has 1 heterocycles. The van der Waals surface area contributed by atoms with Gasteiger partial charge < -0.3 is 14.8 Å². The van der Waals surface area contributed by atoms with Gasteiger partial charge in [-0.1, -0.05) is 6.07 Å². The van der Waals surface area contributed by atoms with Crippen molar-refractivity contribution in [3.8, 4) is 5.75 Å². The molecule has 4 heteroatoms. The highest BCUT2D eigenvalue weighted by molar-refractivity contribution is 5.97. The number of hydrogen-bond donors (Lipinski definition) is 2. The first-order valence-electron chi connectivity index (χ1n) is 5.41. The number of rotatable bonds is 1. The van der Waals surface area contributed by atoms with Crippen LogP contribution in [0.2, 0.25) is 0 Å². The van der Waals surface area contributed by atoms with Crippen LogP contribution in [0.15, 0.2) is 24.3 Å². The molecule has 1 aromatic carbocycles. The number of aromatic amines is 1. The van der Waals surface area contributed by atoms with Gasteiger partial charge in [0.15, 0.2) is 0 Å². The summed E-state index contributed by atoms with van der Waals surface area (Å²) in [5, 5.41) is 10.2. The lowest BCUT2D eigenvalue weighted by molar-refractivity contribution is 0.00639. The summed E-state index contributed by atoms with van der Waals surface area (Å²) in [4.78, 5) is 14.7. The molecule has 0 aliphatic carbocycles. The van der Waals surface area contributed by atoms with E-state index in [0.29, 0.717) is 16.6 Å². The van der Waals surface area contributed by atoms with Gasteiger partial charge in [0.25, 0.3) is 0 Å². The molecule has 2 aromatic rings. The second kappa shape index (κ2) is 3.80. The fraction of sp³-hybridized carbons (Fsp3) is 0.308. The number of hydrogen-bond acceptors (Lipinski definition) is 3. The molecule has 0 spiro atoms. The molecule has 0 amide bonds. The Bertz CT molecular complexity index is 564. The third-order valence-electron chi connectivity index (χ3n) is 2.26. The Morgan fingerprint density at radius 1 is 1.35 bits per heavy atom. The maximum atomic E-state index is 11.8. The van der Waals surface area contributed by atoms with E-state index in [9.17, 15) is 9.90 Å². The molecule has 2 rings (SSSR count). The number of aromatic nitrogens is 1. The average molecular weight is 233 g/mol. The predicted octanol–water partition coefficient (Wildman–Crippen LogP) is 2.83. The molecule has 0 aliphatic rings. The molecule has 90 valence electrons. The number of fused-ring (bicyclic) bond motifs is 1. The van der Waals surface area contributed by atoms with Crippen molar-refractivity contribution in [3.05, 3.63) is 30.0 Å². The number of esters is 1. The summed E-state index contributed by atoms with van der Waals surface area (Å²) >= 11 is 0. The molecule has 0 saturated heterocycles. The van der Waals surface area contributed by atoms with Crippen molar-refractivity contribution in [1.82, 2.24) is 4.98 Å². The van der Waals surface area contributed by atoms with Gasteiger partial charge in [0.2, 0.25) is 0 Å². The molecular weight excluding hydrogens is 218 g/mol. The van der Waals surface area contributed by atoms with Crippen LogP contribution < -0.4 is 0 Å². The first kappa shape index (κ1) is 11.5. The number of aromatic hydroxyl groups is 1. The fourth-order valence-corrected chi connectivity index (χ4v) is 1.58. The number of phenolic OH excluding ortho intramolecular Hbond substituents is 1. The summed E-state index contributed by atoms with van der Waals surface area (Å²) in [7, 11) is 0. The van der Waals surface area contributed by atoms with Gasteiger partial charge >= 0.3 is 5.97 Å². The van der Waals surface area contributed by atoms with Gasteiger partial charge in [-0.3, -0.25) is 0 Å². The zero-order chi connectivity index (χ0) is 12.6. The summed E-state index contributed by atoms with van der Waals surface area (Å²) in [5.74, 6) is -0.276. The van der Waals surface area contributed by atoms with Gasteiger partial charge in [-0.2, -0.15) is 0 Å². The third-order valence-corrected chi connectivity index (χ3v) is 2.26. The number of carbonyl (C=O) groups excluding carboxylic acids is 1. The van der Waals surface area contributed by atoms with Crippen LogP contribution in [-0.4, -0.2) is 21.7 Å². The number of nitrogens with one attached hydrogen (secondary N) is 1. The van der Waals surface area contributed by atoms with Crippen molar-refractivity contribution in [1.29, 1.82) is 0 Å². The van der Waals surface area contributed by atoms with Gasteiger partial charge in [-0.25, -0.2) is 4.79 Å². The molecule has 4 nitrogen and oxygen atoms in total. The zero-order valence-electron chi connectivity index (χ0n) is 10.1. The number of phenols is 1. The Morgan fingerprint density at radius 3 is 2.65 bits per heavy atom. The Balaban J connectivity index is 2.37. The van der Waals surface area contributed by atoms with Crippen molar-refractivity contribution in [2.75, 3.05) is 0 Å². The van der Waals surface area contributed by atoms with Crippen LogP contribution in [0.25, 0.3) is 10.9 Å². The predicted molar refractivity (Wildman–Crippen MR) is 65.1 cm³/mol. The third kappa shape index (κ3) is 2.41. The van der Waals surface area contributed by atoms with E-state index in [2.05, 4.69) is 4.98 Å². The van der Waals surface area contributed by atoms with E-state index >= 15 is 0 Å². The van der Waals surface area contributed by atoms with E-state index in [1.54, 1.807) is 24.3 Å². The van der Waals surface area contributed by atoms with E-state index in [1.807, 2.05) is 20.8 Å². The first-order valence-corrected chi connectivity index (χ1v) is 5.41. The monoisotopic (exact) mass is 233 g/mol. The number of ether oxygens (including phenoxy) is 1. The standard InChI is InChI=1S/C13H15NO3/c1-13(2,3)17-12(16)10-7-8-9(14-10)5-4-6-11(8)15/h4-7,14-15H,1-3H3. The van der Waals surface area contributed by atoms with E-state index in [4.69, 9.17) is 4.74 Å². The van der Waals surface area contributed by atoms with Gasteiger partial charge in [0.05, 0.1) is 0 Å². The fourth-order valence-electron chi connectivity index (χ4n) is 1.58. The summed E-state index contributed by atoms with van der Waals surface area (Å²) in [6, 6.07) is 6.68. The number of benzene rings is 1. The average Bonchev–Trinajstić information content (AvgIpc) is 2.60. The Morgan fingerprint density at radius 2 is 2.06 bits per heavy atom. The Hall–Kier alpha value is -1.97.